The Labute approximate surface area is 168 Å². The van der Waals surface area contributed by atoms with Crippen molar-refractivity contribution in [1.29, 1.82) is 0 Å². The first-order chi connectivity index (χ1) is 13.8. The van der Waals surface area contributed by atoms with Gasteiger partial charge in [0, 0.05) is 30.3 Å². The average Bonchev–Trinajstić information content (AvgIpc) is 3.23. The van der Waals surface area contributed by atoms with Crippen molar-refractivity contribution in [2.24, 2.45) is 11.7 Å². The van der Waals surface area contributed by atoms with Crippen LogP contribution in [-0.4, -0.2) is 42.6 Å². The molecule has 3 rings (SSSR count). The van der Waals surface area contributed by atoms with Crippen LogP contribution in [0.1, 0.15) is 20.3 Å². The highest BCUT2D eigenvalue weighted by atomic mass is 16.3. The van der Waals surface area contributed by atoms with E-state index in [2.05, 4.69) is 10.2 Å². The molecule has 1 unspecified atom stereocenters. The highest BCUT2D eigenvalue weighted by molar-refractivity contribution is 5.83. The molecule has 0 aliphatic rings. The number of aliphatic hydroxyl groups excluding tert-OH is 1. The molecule has 2 aromatic heterocycles. The molecule has 2 heterocycles. The lowest BCUT2D eigenvalue weighted by atomic mass is 9.82. The fourth-order valence-electron chi connectivity index (χ4n) is 3.33. The van der Waals surface area contributed by atoms with Gasteiger partial charge >= 0.3 is 0 Å². The van der Waals surface area contributed by atoms with Gasteiger partial charge in [0.15, 0.2) is 5.78 Å². The molecule has 3 aromatic rings. The van der Waals surface area contributed by atoms with Crippen LogP contribution in [0.25, 0.3) is 16.8 Å². The van der Waals surface area contributed by atoms with Crippen LogP contribution in [0.4, 0.5) is 0 Å². The van der Waals surface area contributed by atoms with E-state index in [-0.39, 0.29) is 11.3 Å². The van der Waals surface area contributed by atoms with Crippen molar-refractivity contribution >= 4 is 5.78 Å². The first-order valence-corrected chi connectivity index (χ1v) is 9.39. The first kappa shape index (κ1) is 20.6. The van der Waals surface area contributed by atoms with Crippen molar-refractivity contribution in [3.05, 3.63) is 65.3 Å². The molecule has 0 aliphatic carbocycles. The second-order valence-electron chi connectivity index (χ2n) is 7.60. The van der Waals surface area contributed by atoms with Crippen LogP contribution in [0, 0.1) is 5.92 Å². The minimum absolute atomic E-state index is 0.162. The number of aryl methyl sites for hydroxylation is 1. The molecule has 8 heteroatoms. The lowest BCUT2D eigenvalue weighted by Gasteiger charge is -2.29. The zero-order chi connectivity index (χ0) is 21.0. The van der Waals surface area contributed by atoms with Gasteiger partial charge in [-0.05, 0) is 49.6 Å². The Morgan fingerprint density at radius 1 is 1.14 bits per heavy atom. The van der Waals surface area contributed by atoms with Gasteiger partial charge in [0.1, 0.15) is 6.61 Å². The number of carbonyl (C=O) groups excluding carboxylic acids is 1. The number of rotatable bonds is 8. The third-order valence-electron chi connectivity index (χ3n) is 4.95. The number of aromatic nitrogens is 4. The molecule has 0 amide bonds. The van der Waals surface area contributed by atoms with Gasteiger partial charge in [-0.15, -0.1) is 0 Å². The quantitative estimate of drug-likeness (QED) is 0.596. The zero-order valence-corrected chi connectivity index (χ0v) is 16.5. The van der Waals surface area contributed by atoms with Crippen molar-refractivity contribution < 1.29 is 9.90 Å². The number of Topliss-reactive ketones (excluding diaryl/α,β-unsaturated/α-hetero) is 1. The summed E-state index contributed by atoms with van der Waals surface area (Å²) >= 11 is 0. The SMILES string of the molecule is CC(C)(N)C(CCn1ccc(-c2ccc(-n3nccn3)cc2)cc1=O)C(=O)CO. The molecule has 1 atom stereocenters. The number of hydrogen-bond donors (Lipinski definition) is 2. The Kier molecular flexibility index (Phi) is 6.05. The minimum Gasteiger partial charge on any atom is -0.389 e. The van der Waals surface area contributed by atoms with Crippen LogP contribution < -0.4 is 11.3 Å². The summed E-state index contributed by atoms with van der Waals surface area (Å²) < 4.78 is 1.55. The van der Waals surface area contributed by atoms with E-state index in [0.717, 1.165) is 16.8 Å². The lowest BCUT2D eigenvalue weighted by Crippen LogP contribution is -2.46. The summed E-state index contributed by atoms with van der Waals surface area (Å²) in [6.07, 6.45) is 5.31. The van der Waals surface area contributed by atoms with Crippen LogP contribution in [0.15, 0.2) is 59.8 Å². The number of carbonyl (C=O) groups is 1. The predicted molar refractivity (Wildman–Crippen MR) is 110 cm³/mol. The molecule has 8 nitrogen and oxygen atoms in total. The Balaban J connectivity index is 1.75. The number of nitrogens with two attached hydrogens (primary N) is 1. The van der Waals surface area contributed by atoms with Gasteiger partial charge in [-0.3, -0.25) is 9.59 Å². The van der Waals surface area contributed by atoms with Gasteiger partial charge in [-0.2, -0.15) is 15.0 Å². The maximum atomic E-state index is 12.5. The average molecular weight is 395 g/mol. The number of pyridine rings is 1. The summed E-state index contributed by atoms with van der Waals surface area (Å²) in [5.41, 5.74) is 7.68. The molecule has 0 radical (unpaired) electrons. The van der Waals surface area contributed by atoms with E-state index in [0.29, 0.717) is 13.0 Å². The first-order valence-electron chi connectivity index (χ1n) is 9.39. The van der Waals surface area contributed by atoms with E-state index in [9.17, 15) is 14.7 Å². The molecule has 0 bridgehead atoms. The van der Waals surface area contributed by atoms with E-state index in [1.54, 1.807) is 43.1 Å². The predicted octanol–water partition coefficient (Wildman–Crippen LogP) is 1.40. The molecule has 0 aliphatic heterocycles. The molecule has 0 spiro atoms. The summed E-state index contributed by atoms with van der Waals surface area (Å²) in [6.45, 7) is 3.29. The summed E-state index contributed by atoms with van der Waals surface area (Å²) in [7, 11) is 0. The van der Waals surface area contributed by atoms with E-state index in [1.165, 1.54) is 4.80 Å². The highest BCUT2D eigenvalue weighted by Crippen LogP contribution is 2.21. The molecule has 0 fully saturated rings. The monoisotopic (exact) mass is 395 g/mol. The normalized spacial score (nSPS) is 12.7. The Morgan fingerprint density at radius 2 is 1.79 bits per heavy atom. The Bertz CT molecular complexity index is 1020. The van der Waals surface area contributed by atoms with E-state index in [4.69, 9.17) is 5.73 Å². The van der Waals surface area contributed by atoms with E-state index < -0.39 is 18.1 Å². The van der Waals surface area contributed by atoms with Gasteiger partial charge < -0.3 is 15.4 Å². The molecule has 29 heavy (non-hydrogen) atoms. The van der Waals surface area contributed by atoms with Gasteiger partial charge in [-0.1, -0.05) is 12.1 Å². The van der Waals surface area contributed by atoms with Crippen LogP contribution in [0.2, 0.25) is 0 Å². The van der Waals surface area contributed by atoms with Gasteiger partial charge in [0.2, 0.25) is 0 Å². The third-order valence-corrected chi connectivity index (χ3v) is 4.95. The molecule has 0 saturated heterocycles. The topological polar surface area (TPSA) is 116 Å². The lowest BCUT2D eigenvalue weighted by molar-refractivity contribution is -0.127. The zero-order valence-electron chi connectivity index (χ0n) is 16.5. The van der Waals surface area contributed by atoms with Crippen molar-refractivity contribution in [3.63, 3.8) is 0 Å². The summed E-state index contributed by atoms with van der Waals surface area (Å²) in [6, 6.07) is 11.0. The molecular weight excluding hydrogens is 370 g/mol. The molecule has 3 N–H and O–H groups in total. The minimum atomic E-state index is -0.769. The smallest absolute Gasteiger partial charge is 0.251 e. The van der Waals surface area contributed by atoms with Crippen LogP contribution >= 0.6 is 0 Å². The fourth-order valence-corrected chi connectivity index (χ4v) is 3.33. The summed E-state index contributed by atoms with van der Waals surface area (Å²) in [4.78, 5) is 26.0. The second-order valence-corrected chi connectivity index (χ2v) is 7.60. The van der Waals surface area contributed by atoms with Crippen molar-refractivity contribution in [2.45, 2.75) is 32.4 Å². The number of ketones is 1. The number of hydrogen-bond acceptors (Lipinski definition) is 6. The van der Waals surface area contributed by atoms with Crippen molar-refractivity contribution in [2.75, 3.05) is 6.61 Å². The number of benzene rings is 1. The number of aliphatic hydroxyl groups is 1. The van der Waals surface area contributed by atoms with E-state index >= 15 is 0 Å². The Morgan fingerprint density at radius 3 is 2.34 bits per heavy atom. The van der Waals surface area contributed by atoms with Crippen molar-refractivity contribution in [1.82, 2.24) is 19.6 Å². The number of nitrogens with zero attached hydrogens (tertiary/aromatic N) is 4. The summed E-state index contributed by atoms with van der Waals surface area (Å²) in [5, 5.41) is 17.4. The summed E-state index contributed by atoms with van der Waals surface area (Å²) in [5.74, 6) is -0.837. The molecule has 0 saturated carbocycles. The largest absolute Gasteiger partial charge is 0.389 e. The van der Waals surface area contributed by atoms with Crippen LogP contribution in [-0.2, 0) is 11.3 Å². The molecule has 152 valence electrons. The van der Waals surface area contributed by atoms with Gasteiger partial charge in [0.25, 0.3) is 5.56 Å². The molecular formula is C21H25N5O3. The van der Waals surface area contributed by atoms with Crippen LogP contribution in [0.3, 0.4) is 0 Å². The maximum absolute atomic E-state index is 12.5. The van der Waals surface area contributed by atoms with E-state index in [1.807, 2.05) is 30.3 Å². The maximum Gasteiger partial charge on any atom is 0.251 e. The third kappa shape index (κ3) is 4.85. The van der Waals surface area contributed by atoms with Gasteiger partial charge in [0.05, 0.1) is 18.1 Å². The van der Waals surface area contributed by atoms with Crippen LogP contribution in [0.5, 0.6) is 0 Å². The second kappa shape index (κ2) is 8.50. The fraction of sp³-hybridized carbons (Fsp3) is 0.333. The van der Waals surface area contributed by atoms with Gasteiger partial charge in [-0.25, -0.2) is 0 Å². The standard InChI is InChI=1S/C21H25N5O3/c1-21(2,22)18(19(28)14-27)8-12-25-11-7-16(13-20(25)29)15-3-5-17(6-4-15)26-23-9-10-24-26/h3-7,9-11,13,18,27H,8,12,14,22H2,1-2H3. The molecule has 1 aromatic carbocycles. The van der Waals surface area contributed by atoms with Crippen molar-refractivity contribution in [3.8, 4) is 16.8 Å². The highest BCUT2D eigenvalue weighted by Gasteiger charge is 2.30. The Hall–Kier alpha value is -3.10.